The van der Waals surface area contributed by atoms with Gasteiger partial charge in [0.2, 0.25) is 0 Å². The zero-order valence-corrected chi connectivity index (χ0v) is 9.82. The highest BCUT2D eigenvalue weighted by Gasteiger charge is 2.08. The van der Waals surface area contributed by atoms with Gasteiger partial charge in [-0.05, 0) is 24.5 Å². The molecule has 0 saturated heterocycles. The Bertz CT molecular complexity index is 377. The van der Waals surface area contributed by atoms with Gasteiger partial charge >= 0.3 is 0 Å². The molecule has 0 aliphatic carbocycles. The Morgan fingerprint density at radius 1 is 1.47 bits per heavy atom. The molecule has 0 aromatic heterocycles. The molecular formula is C13H18N2O2. The summed E-state index contributed by atoms with van der Waals surface area (Å²) >= 11 is 0. The number of benzene rings is 1. The van der Waals surface area contributed by atoms with Crippen molar-refractivity contribution in [3.8, 4) is 0 Å². The predicted molar refractivity (Wildman–Crippen MR) is 67.2 cm³/mol. The van der Waals surface area contributed by atoms with Gasteiger partial charge in [-0.15, -0.1) is 6.58 Å². The molecule has 0 atom stereocenters. The fourth-order valence-electron chi connectivity index (χ4n) is 1.46. The average Bonchev–Trinajstić information content (AvgIpc) is 2.38. The van der Waals surface area contributed by atoms with E-state index in [1.807, 2.05) is 18.2 Å². The van der Waals surface area contributed by atoms with Crippen molar-refractivity contribution >= 4 is 5.91 Å². The maximum Gasteiger partial charge on any atom is 0.265 e. The molecule has 92 valence electrons. The lowest BCUT2D eigenvalue weighted by Crippen LogP contribution is -2.30. The van der Waals surface area contributed by atoms with Crippen molar-refractivity contribution in [1.82, 2.24) is 5.43 Å². The molecule has 3 N–H and O–H groups in total. The highest BCUT2D eigenvalue weighted by molar-refractivity contribution is 5.95. The Kier molecular flexibility index (Phi) is 5.99. The lowest BCUT2D eigenvalue weighted by atomic mass is 10.1. The number of carbonyl (C=O) groups is 1. The van der Waals surface area contributed by atoms with E-state index in [0.29, 0.717) is 18.8 Å². The summed E-state index contributed by atoms with van der Waals surface area (Å²) < 4.78 is 5.49. The number of amides is 1. The van der Waals surface area contributed by atoms with Gasteiger partial charge in [0.25, 0.3) is 5.91 Å². The molecule has 0 fully saturated rings. The zero-order chi connectivity index (χ0) is 12.5. The summed E-state index contributed by atoms with van der Waals surface area (Å²) in [6, 6.07) is 7.25. The van der Waals surface area contributed by atoms with E-state index in [-0.39, 0.29) is 5.91 Å². The molecule has 0 aliphatic rings. The van der Waals surface area contributed by atoms with Gasteiger partial charge in [-0.3, -0.25) is 10.2 Å². The van der Waals surface area contributed by atoms with E-state index >= 15 is 0 Å². The molecule has 0 saturated carbocycles. The fourth-order valence-corrected chi connectivity index (χ4v) is 1.46. The van der Waals surface area contributed by atoms with E-state index in [0.717, 1.165) is 18.4 Å². The van der Waals surface area contributed by atoms with Gasteiger partial charge in [-0.1, -0.05) is 24.3 Å². The summed E-state index contributed by atoms with van der Waals surface area (Å²) in [6.45, 7) is 4.72. The second kappa shape index (κ2) is 7.60. The number of nitrogens with one attached hydrogen (secondary N) is 1. The van der Waals surface area contributed by atoms with Crippen LogP contribution in [0.5, 0.6) is 0 Å². The van der Waals surface area contributed by atoms with Gasteiger partial charge in [0.05, 0.1) is 6.61 Å². The Hall–Kier alpha value is -1.65. The molecule has 1 aromatic rings. The number of hydrogen-bond donors (Lipinski definition) is 2. The molecule has 1 amide bonds. The maximum absolute atomic E-state index is 11.5. The minimum atomic E-state index is -0.296. The van der Waals surface area contributed by atoms with Crippen LogP contribution < -0.4 is 11.3 Å². The van der Waals surface area contributed by atoms with E-state index in [1.54, 1.807) is 12.1 Å². The van der Waals surface area contributed by atoms with Gasteiger partial charge < -0.3 is 4.74 Å². The van der Waals surface area contributed by atoms with E-state index < -0.39 is 0 Å². The largest absolute Gasteiger partial charge is 0.377 e. The Labute approximate surface area is 101 Å². The van der Waals surface area contributed by atoms with Gasteiger partial charge in [0, 0.05) is 12.2 Å². The zero-order valence-electron chi connectivity index (χ0n) is 9.82. The number of ether oxygens (including phenoxy) is 1. The predicted octanol–water partition coefficient (Wildman–Crippen LogP) is 1.77. The lowest BCUT2D eigenvalue weighted by Gasteiger charge is -2.08. The van der Waals surface area contributed by atoms with E-state index in [2.05, 4.69) is 12.0 Å². The highest BCUT2D eigenvalue weighted by Crippen LogP contribution is 2.10. The van der Waals surface area contributed by atoms with Crippen LogP contribution in [-0.4, -0.2) is 12.5 Å². The lowest BCUT2D eigenvalue weighted by molar-refractivity contribution is 0.0938. The molecule has 0 radical (unpaired) electrons. The Morgan fingerprint density at radius 2 is 2.24 bits per heavy atom. The molecule has 0 heterocycles. The minimum Gasteiger partial charge on any atom is -0.377 e. The van der Waals surface area contributed by atoms with Gasteiger partial charge in [0.15, 0.2) is 0 Å². The highest BCUT2D eigenvalue weighted by atomic mass is 16.5. The second-order valence-corrected chi connectivity index (χ2v) is 3.61. The van der Waals surface area contributed by atoms with Crippen LogP contribution in [0, 0.1) is 0 Å². The van der Waals surface area contributed by atoms with Crippen molar-refractivity contribution in [1.29, 1.82) is 0 Å². The quantitative estimate of drug-likeness (QED) is 0.248. The van der Waals surface area contributed by atoms with E-state index in [4.69, 9.17) is 10.6 Å². The summed E-state index contributed by atoms with van der Waals surface area (Å²) in [7, 11) is 0. The van der Waals surface area contributed by atoms with Crippen LogP contribution in [0.15, 0.2) is 36.9 Å². The first-order chi connectivity index (χ1) is 8.29. The monoisotopic (exact) mass is 234 g/mol. The van der Waals surface area contributed by atoms with Crippen LogP contribution in [0.25, 0.3) is 0 Å². The van der Waals surface area contributed by atoms with Crippen LogP contribution in [0.3, 0.4) is 0 Å². The third-order valence-corrected chi connectivity index (χ3v) is 2.35. The number of unbranched alkanes of at least 4 members (excludes halogenated alkanes) is 1. The van der Waals surface area contributed by atoms with Crippen LogP contribution in [0.4, 0.5) is 0 Å². The minimum absolute atomic E-state index is 0.296. The standard InChI is InChI=1S/C13H18N2O2/c1-2-3-6-9-17-10-11-7-4-5-8-12(11)13(16)15-14/h2,4-5,7-8H,1,3,6,9-10,14H2,(H,15,16). The first-order valence-corrected chi connectivity index (χ1v) is 5.57. The molecule has 4 heteroatoms. The van der Waals surface area contributed by atoms with Gasteiger partial charge in [-0.2, -0.15) is 0 Å². The third-order valence-electron chi connectivity index (χ3n) is 2.35. The van der Waals surface area contributed by atoms with E-state index in [1.165, 1.54) is 0 Å². The number of carbonyl (C=O) groups excluding carboxylic acids is 1. The molecule has 1 rings (SSSR count). The normalized spacial score (nSPS) is 9.94. The molecule has 0 bridgehead atoms. The van der Waals surface area contributed by atoms with Crippen molar-refractivity contribution in [2.24, 2.45) is 5.84 Å². The molecule has 17 heavy (non-hydrogen) atoms. The van der Waals surface area contributed by atoms with Crippen LogP contribution in [0.1, 0.15) is 28.8 Å². The number of nitrogens with two attached hydrogens (primary N) is 1. The summed E-state index contributed by atoms with van der Waals surface area (Å²) in [5, 5.41) is 0. The number of allylic oxidation sites excluding steroid dienone is 1. The summed E-state index contributed by atoms with van der Waals surface area (Å²) in [5.74, 6) is 4.82. The van der Waals surface area contributed by atoms with E-state index in [9.17, 15) is 4.79 Å². The van der Waals surface area contributed by atoms with Crippen LogP contribution in [-0.2, 0) is 11.3 Å². The number of nitrogen functional groups attached to an aromatic ring is 1. The van der Waals surface area contributed by atoms with Gasteiger partial charge in [-0.25, -0.2) is 5.84 Å². The molecule has 0 aliphatic heterocycles. The fraction of sp³-hybridized carbons (Fsp3) is 0.308. The topological polar surface area (TPSA) is 64.3 Å². The summed E-state index contributed by atoms with van der Waals surface area (Å²) in [5.41, 5.74) is 3.52. The Morgan fingerprint density at radius 3 is 2.94 bits per heavy atom. The Balaban J connectivity index is 2.52. The van der Waals surface area contributed by atoms with Crippen molar-refractivity contribution in [3.63, 3.8) is 0 Å². The number of hydrogen-bond acceptors (Lipinski definition) is 3. The first-order valence-electron chi connectivity index (χ1n) is 5.57. The molecular weight excluding hydrogens is 216 g/mol. The van der Waals surface area contributed by atoms with Crippen molar-refractivity contribution in [2.75, 3.05) is 6.61 Å². The average molecular weight is 234 g/mol. The van der Waals surface area contributed by atoms with Crippen molar-refractivity contribution in [3.05, 3.63) is 48.0 Å². The van der Waals surface area contributed by atoms with Crippen LogP contribution >= 0.6 is 0 Å². The SMILES string of the molecule is C=CCCCOCc1ccccc1C(=O)NN. The third kappa shape index (κ3) is 4.38. The van der Waals surface area contributed by atoms with Crippen molar-refractivity contribution < 1.29 is 9.53 Å². The first kappa shape index (κ1) is 13.4. The molecule has 1 aromatic carbocycles. The number of hydrazine groups is 1. The van der Waals surface area contributed by atoms with Crippen LogP contribution in [0.2, 0.25) is 0 Å². The smallest absolute Gasteiger partial charge is 0.265 e. The second-order valence-electron chi connectivity index (χ2n) is 3.61. The van der Waals surface area contributed by atoms with Gasteiger partial charge in [0.1, 0.15) is 0 Å². The maximum atomic E-state index is 11.5. The van der Waals surface area contributed by atoms with Crippen molar-refractivity contribution in [2.45, 2.75) is 19.4 Å². The molecule has 4 nitrogen and oxygen atoms in total. The number of rotatable bonds is 7. The summed E-state index contributed by atoms with van der Waals surface area (Å²) in [4.78, 5) is 11.5. The summed E-state index contributed by atoms with van der Waals surface area (Å²) in [6.07, 6.45) is 3.73. The molecule has 0 spiro atoms. The molecule has 0 unspecified atom stereocenters.